The maximum Gasteiger partial charge on any atom is 0.267 e. The van der Waals surface area contributed by atoms with E-state index in [2.05, 4.69) is 12.2 Å². The summed E-state index contributed by atoms with van der Waals surface area (Å²) in [4.78, 5) is 14.2. The zero-order chi connectivity index (χ0) is 15.2. The highest BCUT2D eigenvalue weighted by Gasteiger charge is 2.16. The maximum absolute atomic E-state index is 12.1. The highest BCUT2D eigenvalue weighted by Crippen LogP contribution is 2.18. The third-order valence-corrected chi connectivity index (χ3v) is 3.68. The van der Waals surface area contributed by atoms with Crippen LogP contribution in [0.1, 0.15) is 19.8 Å². The van der Waals surface area contributed by atoms with Gasteiger partial charge in [0, 0.05) is 30.0 Å². The summed E-state index contributed by atoms with van der Waals surface area (Å²) in [6.45, 7) is 3.95. The van der Waals surface area contributed by atoms with Crippen molar-refractivity contribution in [3.8, 4) is 6.07 Å². The van der Waals surface area contributed by atoms with Crippen LogP contribution in [0.25, 0.3) is 0 Å². The van der Waals surface area contributed by atoms with Crippen molar-refractivity contribution in [1.29, 1.82) is 5.26 Å². The standard InChI is InChI=1S/C16H18ClN3O/c1-12-4-3-7-20(10-12)11-13(9-18)16(21)19-15-6-2-5-14(17)8-15/h2,5-6,8,11-12H,3-4,7,10H2,1H3,(H,19,21)/b13-11+/t12-/m1/s1. The zero-order valence-electron chi connectivity index (χ0n) is 12.0. The molecular weight excluding hydrogens is 286 g/mol. The minimum absolute atomic E-state index is 0.115. The van der Waals surface area contributed by atoms with Crippen LogP contribution in [0.3, 0.4) is 0 Å². The number of piperidine rings is 1. The Bertz CT molecular complexity index is 591. The van der Waals surface area contributed by atoms with E-state index in [1.165, 1.54) is 6.42 Å². The van der Waals surface area contributed by atoms with E-state index in [1.54, 1.807) is 30.5 Å². The highest BCUT2D eigenvalue weighted by atomic mass is 35.5. The molecule has 1 aromatic rings. The number of benzene rings is 1. The fraction of sp³-hybridized carbons (Fsp3) is 0.375. The van der Waals surface area contributed by atoms with E-state index >= 15 is 0 Å². The molecule has 0 bridgehead atoms. The van der Waals surface area contributed by atoms with Gasteiger partial charge in [-0.1, -0.05) is 24.6 Å². The van der Waals surface area contributed by atoms with Gasteiger partial charge in [-0.05, 0) is 37.0 Å². The molecule has 0 saturated carbocycles. The smallest absolute Gasteiger partial charge is 0.267 e. The van der Waals surface area contributed by atoms with E-state index in [0.717, 1.165) is 19.5 Å². The van der Waals surface area contributed by atoms with Crippen molar-refractivity contribution >= 4 is 23.2 Å². The van der Waals surface area contributed by atoms with Gasteiger partial charge in [-0.2, -0.15) is 5.26 Å². The number of hydrogen-bond acceptors (Lipinski definition) is 3. The summed E-state index contributed by atoms with van der Waals surface area (Å²) in [5.74, 6) is 0.184. The summed E-state index contributed by atoms with van der Waals surface area (Å²) in [6, 6.07) is 8.84. The molecule has 110 valence electrons. The van der Waals surface area contributed by atoms with Crippen molar-refractivity contribution in [3.63, 3.8) is 0 Å². The first-order chi connectivity index (χ1) is 10.1. The van der Waals surface area contributed by atoms with E-state index in [0.29, 0.717) is 16.6 Å². The first-order valence-corrected chi connectivity index (χ1v) is 7.39. The lowest BCUT2D eigenvalue weighted by Crippen LogP contribution is -2.31. The summed E-state index contributed by atoms with van der Waals surface area (Å²) in [6.07, 6.45) is 3.95. The van der Waals surface area contributed by atoms with Gasteiger partial charge in [0.25, 0.3) is 5.91 Å². The molecule has 4 nitrogen and oxygen atoms in total. The van der Waals surface area contributed by atoms with Crippen molar-refractivity contribution < 1.29 is 4.79 Å². The normalized spacial score (nSPS) is 19.0. The average molecular weight is 304 g/mol. The lowest BCUT2D eigenvalue weighted by Gasteiger charge is -2.29. The molecule has 0 unspecified atom stereocenters. The molecule has 0 aromatic heterocycles. The molecule has 1 atom stereocenters. The predicted octanol–water partition coefficient (Wildman–Crippen LogP) is 3.42. The van der Waals surface area contributed by atoms with E-state index in [-0.39, 0.29) is 5.57 Å². The molecule has 0 aliphatic carbocycles. The Morgan fingerprint density at radius 3 is 3.05 bits per heavy atom. The van der Waals surface area contributed by atoms with Crippen LogP contribution in [0.2, 0.25) is 5.02 Å². The van der Waals surface area contributed by atoms with Crippen LogP contribution in [0.4, 0.5) is 5.69 Å². The number of nitrogens with one attached hydrogen (secondary N) is 1. The average Bonchev–Trinajstić information content (AvgIpc) is 2.44. The van der Waals surface area contributed by atoms with E-state index in [1.807, 2.05) is 11.0 Å². The van der Waals surface area contributed by atoms with Crippen LogP contribution < -0.4 is 5.32 Å². The van der Waals surface area contributed by atoms with Crippen LogP contribution >= 0.6 is 11.6 Å². The monoisotopic (exact) mass is 303 g/mol. The lowest BCUT2D eigenvalue weighted by atomic mass is 10.0. The molecule has 1 saturated heterocycles. The summed E-state index contributed by atoms with van der Waals surface area (Å²) in [5.41, 5.74) is 0.699. The van der Waals surface area contributed by atoms with E-state index < -0.39 is 5.91 Å². The Labute approximate surface area is 130 Å². The van der Waals surface area contributed by atoms with Crippen LogP contribution in [0, 0.1) is 17.2 Å². The SMILES string of the molecule is C[C@@H]1CCCN(/C=C(\C#N)C(=O)Nc2cccc(Cl)c2)C1. The second-order valence-corrected chi connectivity index (χ2v) is 5.80. The maximum atomic E-state index is 12.1. The summed E-state index contributed by atoms with van der Waals surface area (Å²) in [7, 11) is 0. The molecule has 0 radical (unpaired) electrons. The Balaban J connectivity index is 2.06. The number of nitrogens with zero attached hydrogens (tertiary/aromatic N) is 2. The topological polar surface area (TPSA) is 56.1 Å². The highest BCUT2D eigenvalue weighted by molar-refractivity contribution is 6.31. The number of carbonyl (C=O) groups excluding carboxylic acids is 1. The minimum Gasteiger partial charge on any atom is -0.376 e. The molecule has 1 N–H and O–H groups in total. The van der Waals surface area contributed by atoms with Gasteiger partial charge in [0.2, 0.25) is 0 Å². The van der Waals surface area contributed by atoms with Crippen molar-refractivity contribution in [2.75, 3.05) is 18.4 Å². The van der Waals surface area contributed by atoms with Crippen LogP contribution in [-0.4, -0.2) is 23.9 Å². The fourth-order valence-electron chi connectivity index (χ4n) is 2.43. The molecule has 1 aliphatic rings. The molecule has 1 aromatic carbocycles. The lowest BCUT2D eigenvalue weighted by molar-refractivity contribution is -0.112. The largest absolute Gasteiger partial charge is 0.376 e. The third kappa shape index (κ3) is 4.51. The van der Waals surface area contributed by atoms with Gasteiger partial charge in [-0.25, -0.2) is 0 Å². The number of rotatable bonds is 3. The molecule has 21 heavy (non-hydrogen) atoms. The summed E-state index contributed by atoms with van der Waals surface area (Å²) >= 11 is 5.87. The first-order valence-electron chi connectivity index (χ1n) is 7.01. The Hall–Kier alpha value is -1.99. The van der Waals surface area contributed by atoms with Crippen molar-refractivity contribution in [3.05, 3.63) is 41.1 Å². The zero-order valence-corrected chi connectivity index (χ0v) is 12.7. The molecule has 1 aliphatic heterocycles. The van der Waals surface area contributed by atoms with Gasteiger partial charge < -0.3 is 10.2 Å². The van der Waals surface area contributed by atoms with Crippen LogP contribution in [0.15, 0.2) is 36.0 Å². The van der Waals surface area contributed by atoms with Gasteiger partial charge in [0.05, 0.1) is 0 Å². The molecule has 0 spiro atoms. The summed E-state index contributed by atoms with van der Waals surface area (Å²) < 4.78 is 0. The molecule has 1 heterocycles. The number of amides is 1. The van der Waals surface area contributed by atoms with Crippen molar-refractivity contribution in [2.45, 2.75) is 19.8 Å². The number of likely N-dealkylation sites (tertiary alicyclic amines) is 1. The molecule has 1 fully saturated rings. The number of halogens is 1. The molecular formula is C16H18ClN3O. The first kappa shape index (κ1) is 15.4. The molecule has 2 rings (SSSR count). The number of anilines is 1. The Kier molecular flexibility index (Phi) is 5.24. The van der Waals surface area contributed by atoms with E-state index in [4.69, 9.17) is 11.6 Å². The third-order valence-electron chi connectivity index (χ3n) is 3.45. The Morgan fingerprint density at radius 1 is 1.57 bits per heavy atom. The second-order valence-electron chi connectivity index (χ2n) is 5.36. The van der Waals surface area contributed by atoms with Crippen LogP contribution in [-0.2, 0) is 4.79 Å². The van der Waals surface area contributed by atoms with Gasteiger partial charge in [0.15, 0.2) is 0 Å². The van der Waals surface area contributed by atoms with Crippen molar-refractivity contribution in [1.82, 2.24) is 4.90 Å². The predicted molar refractivity (Wildman–Crippen MR) is 83.7 cm³/mol. The van der Waals surface area contributed by atoms with Gasteiger partial charge in [-0.15, -0.1) is 0 Å². The van der Waals surface area contributed by atoms with Crippen molar-refractivity contribution in [2.24, 2.45) is 5.92 Å². The summed E-state index contributed by atoms with van der Waals surface area (Å²) in [5, 5.41) is 12.4. The Morgan fingerprint density at radius 2 is 2.38 bits per heavy atom. The van der Waals surface area contributed by atoms with Gasteiger partial charge in [-0.3, -0.25) is 4.79 Å². The van der Waals surface area contributed by atoms with Crippen LogP contribution in [0.5, 0.6) is 0 Å². The second kappa shape index (κ2) is 7.14. The quantitative estimate of drug-likeness (QED) is 0.687. The van der Waals surface area contributed by atoms with Gasteiger partial charge in [0.1, 0.15) is 11.6 Å². The van der Waals surface area contributed by atoms with Gasteiger partial charge >= 0.3 is 0 Å². The number of carbonyl (C=O) groups is 1. The van der Waals surface area contributed by atoms with E-state index in [9.17, 15) is 10.1 Å². The fourth-order valence-corrected chi connectivity index (χ4v) is 2.62. The number of hydrogen-bond donors (Lipinski definition) is 1. The minimum atomic E-state index is -0.405. The molecule has 5 heteroatoms. The number of nitriles is 1. The molecule has 1 amide bonds.